The van der Waals surface area contributed by atoms with Gasteiger partial charge < -0.3 is 11.1 Å². The van der Waals surface area contributed by atoms with Gasteiger partial charge in [-0.3, -0.25) is 4.90 Å². The minimum Gasteiger partial charge on any atom is -0.398 e. The summed E-state index contributed by atoms with van der Waals surface area (Å²) < 4.78 is 0. The number of nitrogens with zero attached hydrogens (tertiary/aromatic N) is 1. The Labute approximate surface area is 120 Å². The standard InChI is InChI=1S/C15H22ClN3/c1-2-3-4-15(19-9-7-18-8-10-19)13-11-12(16)5-6-14(13)17/h2,5-6,11,15,18H,1,3-4,7-10,17H2/t15-/m0/s1. The van der Waals surface area contributed by atoms with Crippen molar-refractivity contribution < 1.29 is 0 Å². The molecule has 104 valence electrons. The topological polar surface area (TPSA) is 41.3 Å². The molecule has 0 aliphatic carbocycles. The van der Waals surface area contributed by atoms with Crippen LogP contribution >= 0.6 is 11.6 Å². The highest BCUT2D eigenvalue weighted by Crippen LogP contribution is 2.32. The number of rotatable bonds is 5. The highest BCUT2D eigenvalue weighted by atomic mass is 35.5. The molecule has 0 radical (unpaired) electrons. The highest BCUT2D eigenvalue weighted by Gasteiger charge is 2.23. The van der Waals surface area contributed by atoms with Crippen molar-refractivity contribution in [2.45, 2.75) is 18.9 Å². The average molecular weight is 280 g/mol. The Morgan fingerprint density at radius 3 is 2.84 bits per heavy atom. The summed E-state index contributed by atoms with van der Waals surface area (Å²) in [6.07, 6.45) is 3.99. The number of anilines is 1. The lowest BCUT2D eigenvalue weighted by molar-refractivity contribution is 0.166. The lowest BCUT2D eigenvalue weighted by Gasteiger charge is -2.35. The number of benzene rings is 1. The maximum absolute atomic E-state index is 6.14. The Kier molecular flexibility index (Phi) is 5.25. The number of halogens is 1. The van der Waals surface area contributed by atoms with Gasteiger partial charge in [0.25, 0.3) is 0 Å². The molecule has 3 nitrogen and oxygen atoms in total. The number of allylic oxidation sites excluding steroid dienone is 1. The Morgan fingerprint density at radius 1 is 1.42 bits per heavy atom. The molecule has 19 heavy (non-hydrogen) atoms. The van der Waals surface area contributed by atoms with Gasteiger partial charge in [-0.05, 0) is 36.6 Å². The molecule has 1 aliphatic heterocycles. The van der Waals surface area contributed by atoms with Crippen LogP contribution in [0.15, 0.2) is 30.9 Å². The summed E-state index contributed by atoms with van der Waals surface area (Å²) in [6, 6.07) is 6.09. The molecule has 3 N–H and O–H groups in total. The molecule has 1 aliphatic rings. The molecular weight excluding hydrogens is 258 g/mol. The zero-order valence-corrected chi connectivity index (χ0v) is 12.0. The minimum absolute atomic E-state index is 0.332. The summed E-state index contributed by atoms with van der Waals surface area (Å²) in [4.78, 5) is 2.49. The largest absolute Gasteiger partial charge is 0.398 e. The van der Waals surface area contributed by atoms with E-state index < -0.39 is 0 Å². The molecule has 4 heteroatoms. The zero-order chi connectivity index (χ0) is 13.7. The third-order valence-corrected chi connectivity index (χ3v) is 3.88. The normalized spacial score (nSPS) is 18.2. The van der Waals surface area contributed by atoms with Crippen LogP contribution in [-0.2, 0) is 0 Å². The molecular formula is C15H22ClN3. The van der Waals surface area contributed by atoms with Crippen molar-refractivity contribution in [2.24, 2.45) is 0 Å². The number of hydrogen-bond acceptors (Lipinski definition) is 3. The first kappa shape index (κ1) is 14.4. The summed E-state index contributed by atoms with van der Waals surface area (Å²) >= 11 is 6.13. The molecule has 0 saturated carbocycles. The van der Waals surface area contributed by atoms with E-state index in [1.165, 1.54) is 0 Å². The van der Waals surface area contributed by atoms with Crippen molar-refractivity contribution in [2.75, 3.05) is 31.9 Å². The summed E-state index contributed by atoms with van der Waals surface area (Å²) in [6.45, 7) is 7.99. The molecule has 0 amide bonds. The summed E-state index contributed by atoms with van der Waals surface area (Å²) in [5, 5.41) is 4.14. The second kappa shape index (κ2) is 6.94. The third-order valence-electron chi connectivity index (χ3n) is 3.64. The fraction of sp³-hybridized carbons (Fsp3) is 0.467. The summed E-state index contributed by atoms with van der Waals surface area (Å²) in [5.41, 5.74) is 8.12. The predicted octanol–water partition coefficient (Wildman–Crippen LogP) is 2.83. The van der Waals surface area contributed by atoms with Crippen LogP contribution in [0.1, 0.15) is 24.4 Å². The van der Waals surface area contributed by atoms with Crippen molar-refractivity contribution >= 4 is 17.3 Å². The summed E-state index contributed by atoms with van der Waals surface area (Å²) in [5.74, 6) is 0. The van der Waals surface area contributed by atoms with Gasteiger partial charge in [0.2, 0.25) is 0 Å². The molecule has 0 spiro atoms. The van der Waals surface area contributed by atoms with E-state index in [0.717, 1.165) is 55.3 Å². The maximum Gasteiger partial charge on any atom is 0.0410 e. The average Bonchev–Trinajstić information content (AvgIpc) is 2.44. The first-order valence-electron chi connectivity index (χ1n) is 6.83. The van der Waals surface area contributed by atoms with Crippen molar-refractivity contribution in [3.8, 4) is 0 Å². The molecule has 1 atom stereocenters. The zero-order valence-electron chi connectivity index (χ0n) is 11.2. The van der Waals surface area contributed by atoms with Gasteiger partial charge in [0, 0.05) is 42.9 Å². The Balaban J connectivity index is 2.24. The number of hydrogen-bond donors (Lipinski definition) is 2. The molecule has 0 aromatic heterocycles. The van der Waals surface area contributed by atoms with E-state index >= 15 is 0 Å². The molecule has 1 aromatic rings. The molecule has 1 heterocycles. The molecule has 1 aromatic carbocycles. The van der Waals surface area contributed by atoms with Gasteiger partial charge in [-0.2, -0.15) is 0 Å². The van der Waals surface area contributed by atoms with Gasteiger partial charge >= 0.3 is 0 Å². The fourth-order valence-corrected chi connectivity index (χ4v) is 2.82. The Hall–Kier alpha value is -1.03. The second-order valence-electron chi connectivity index (χ2n) is 4.94. The van der Waals surface area contributed by atoms with Crippen LogP contribution in [0.5, 0.6) is 0 Å². The smallest absolute Gasteiger partial charge is 0.0410 e. The highest BCUT2D eigenvalue weighted by molar-refractivity contribution is 6.30. The van der Waals surface area contributed by atoms with Crippen molar-refractivity contribution in [3.05, 3.63) is 41.4 Å². The van der Waals surface area contributed by atoms with E-state index in [0.29, 0.717) is 6.04 Å². The van der Waals surface area contributed by atoms with Gasteiger partial charge in [0.15, 0.2) is 0 Å². The third kappa shape index (κ3) is 3.72. The van der Waals surface area contributed by atoms with Gasteiger partial charge in [-0.1, -0.05) is 17.7 Å². The quantitative estimate of drug-likeness (QED) is 0.643. The van der Waals surface area contributed by atoms with Crippen LogP contribution in [0, 0.1) is 0 Å². The van der Waals surface area contributed by atoms with Crippen LogP contribution in [0.3, 0.4) is 0 Å². The molecule has 0 bridgehead atoms. The van der Waals surface area contributed by atoms with Gasteiger partial charge in [-0.15, -0.1) is 6.58 Å². The summed E-state index contributed by atoms with van der Waals surface area (Å²) in [7, 11) is 0. The monoisotopic (exact) mass is 279 g/mol. The number of nitrogen functional groups attached to an aromatic ring is 1. The predicted molar refractivity (Wildman–Crippen MR) is 82.5 cm³/mol. The molecule has 0 unspecified atom stereocenters. The van der Waals surface area contributed by atoms with E-state index in [1.54, 1.807) is 0 Å². The van der Waals surface area contributed by atoms with E-state index in [1.807, 2.05) is 24.3 Å². The van der Waals surface area contributed by atoms with Crippen LogP contribution in [0.4, 0.5) is 5.69 Å². The Bertz CT molecular complexity index is 427. The van der Waals surface area contributed by atoms with E-state index in [2.05, 4.69) is 16.8 Å². The van der Waals surface area contributed by atoms with Gasteiger partial charge in [0.05, 0.1) is 0 Å². The lowest BCUT2D eigenvalue weighted by Crippen LogP contribution is -2.45. The number of nitrogens with two attached hydrogens (primary N) is 1. The number of nitrogens with one attached hydrogen (secondary N) is 1. The molecule has 1 fully saturated rings. The van der Waals surface area contributed by atoms with Crippen LogP contribution < -0.4 is 11.1 Å². The SMILES string of the molecule is C=CCC[C@@H](c1cc(Cl)ccc1N)N1CCNCC1. The second-order valence-corrected chi connectivity index (χ2v) is 5.38. The van der Waals surface area contributed by atoms with E-state index in [-0.39, 0.29) is 0 Å². The van der Waals surface area contributed by atoms with Crippen LogP contribution in [0.25, 0.3) is 0 Å². The van der Waals surface area contributed by atoms with Crippen molar-refractivity contribution in [3.63, 3.8) is 0 Å². The molecule has 1 saturated heterocycles. The first-order chi connectivity index (χ1) is 9.22. The minimum atomic E-state index is 0.332. The van der Waals surface area contributed by atoms with Gasteiger partial charge in [0.1, 0.15) is 0 Å². The van der Waals surface area contributed by atoms with Gasteiger partial charge in [-0.25, -0.2) is 0 Å². The number of piperazine rings is 1. The van der Waals surface area contributed by atoms with Crippen LogP contribution in [-0.4, -0.2) is 31.1 Å². The lowest BCUT2D eigenvalue weighted by atomic mass is 9.98. The van der Waals surface area contributed by atoms with E-state index in [9.17, 15) is 0 Å². The van der Waals surface area contributed by atoms with E-state index in [4.69, 9.17) is 17.3 Å². The van der Waals surface area contributed by atoms with Crippen LogP contribution in [0.2, 0.25) is 5.02 Å². The van der Waals surface area contributed by atoms with Crippen molar-refractivity contribution in [1.29, 1.82) is 0 Å². The fourth-order valence-electron chi connectivity index (χ4n) is 2.64. The molecule has 2 rings (SSSR count). The maximum atomic E-state index is 6.14. The Morgan fingerprint density at radius 2 is 2.16 bits per heavy atom. The van der Waals surface area contributed by atoms with Crippen molar-refractivity contribution in [1.82, 2.24) is 10.2 Å². The first-order valence-corrected chi connectivity index (χ1v) is 7.20.